The van der Waals surface area contributed by atoms with Gasteiger partial charge >= 0.3 is 5.97 Å². The zero-order chi connectivity index (χ0) is 22.8. The van der Waals surface area contributed by atoms with Crippen molar-refractivity contribution in [3.8, 4) is 5.75 Å². The number of rotatable bonds is 9. The van der Waals surface area contributed by atoms with E-state index in [9.17, 15) is 14.4 Å². The Morgan fingerprint density at radius 2 is 1.75 bits per heavy atom. The molecule has 7 nitrogen and oxygen atoms in total. The number of hydrogen-bond donors (Lipinski definition) is 2. The van der Waals surface area contributed by atoms with Crippen molar-refractivity contribution in [1.29, 1.82) is 0 Å². The molecule has 0 spiro atoms. The fraction of sp³-hybridized carbons (Fsp3) is 0.320. The second-order valence-electron chi connectivity index (χ2n) is 7.46. The number of ether oxygens (including phenoxy) is 2. The molecule has 3 rings (SSSR count). The van der Waals surface area contributed by atoms with E-state index >= 15 is 0 Å². The maximum Gasteiger partial charge on any atom is 0.331 e. The van der Waals surface area contributed by atoms with Gasteiger partial charge in [0, 0.05) is 17.7 Å². The Morgan fingerprint density at radius 3 is 2.53 bits per heavy atom. The number of esters is 1. The highest BCUT2D eigenvalue weighted by molar-refractivity contribution is 6.04. The fourth-order valence-electron chi connectivity index (χ4n) is 3.56. The lowest BCUT2D eigenvalue weighted by atomic mass is 10.1. The fourth-order valence-corrected chi connectivity index (χ4v) is 3.56. The zero-order valence-electron chi connectivity index (χ0n) is 18.1. The van der Waals surface area contributed by atoms with Gasteiger partial charge in [0.15, 0.2) is 6.61 Å². The van der Waals surface area contributed by atoms with Crippen LogP contribution in [0.4, 0.5) is 5.69 Å². The zero-order valence-corrected chi connectivity index (χ0v) is 18.1. The van der Waals surface area contributed by atoms with E-state index in [4.69, 9.17) is 9.47 Å². The molecule has 2 aromatic rings. The van der Waals surface area contributed by atoms with Crippen LogP contribution < -0.4 is 15.4 Å². The standard InChI is InChI=1S/C25H28N2O5/c1-2-31-22-14-8-3-9-18(22)15-16-24(29)32-17-23(28)27-21-13-7-6-12-20(21)25(30)26-19-10-4-5-11-19/h3,6-9,12-16,19H,2,4-5,10-11,17H2,1H3,(H,26,30)(H,27,28)/b16-15+. The smallest absolute Gasteiger partial charge is 0.331 e. The van der Waals surface area contributed by atoms with Crippen molar-refractivity contribution in [2.24, 2.45) is 0 Å². The lowest BCUT2D eigenvalue weighted by molar-refractivity contribution is -0.142. The Morgan fingerprint density at radius 1 is 1.03 bits per heavy atom. The second kappa shape index (κ2) is 11.7. The first-order valence-electron chi connectivity index (χ1n) is 10.8. The van der Waals surface area contributed by atoms with Gasteiger partial charge in [0.25, 0.3) is 11.8 Å². The minimum Gasteiger partial charge on any atom is -0.493 e. The van der Waals surface area contributed by atoms with Gasteiger partial charge in [-0.1, -0.05) is 43.2 Å². The molecular formula is C25H28N2O5. The van der Waals surface area contributed by atoms with Crippen LogP contribution in [0, 0.1) is 0 Å². The van der Waals surface area contributed by atoms with Gasteiger partial charge in [-0.2, -0.15) is 0 Å². The molecule has 0 aliphatic heterocycles. The molecule has 0 saturated heterocycles. The molecule has 2 N–H and O–H groups in total. The summed E-state index contributed by atoms with van der Waals surface area (Å²) in [6.45, 7) is 1.92. The Balaban J connectivity index is 1.53. The van der Waals surface area contributed by atoms with Crippen LogP contribution >= 0.6 is 0 Å². The number of anilines is 1. The lowest BCUT2D eigenvalue weighted by Gasteiger charge is -2.15. The summed E-state index contributed by atoms with van der Waals surface area (Å²) in [4.78, 5) is 36.9. The molecule has 1 fully saturated rings. The molecular weight excluding hydrogens is 408 g/mol. The summed E-state index contributed by atoms with van der Waals surface area (Å²) in [7, 11) is 0. The van der Waals surface area contributed by atoms with Gasteiger partial charge in [-0.3, -0.25) is 9.59 Å². The first-order chi connectivity index (χ1) is 15.6. The lowest BCUT2D eigenvalue weighted by Crippen LogP contribution is -2.33. The Kier molecular flexibility index (Phi) is 8.43. The van der Waals surface area contributed by atoms with E-state index in [1.165, 1.54) is 6.08 Å². The quantitative estimate of drug-likeness (QED) is 0.459. The van der Waals surface area contributed by atoms with E-state index in [2.05, 4.69) is 10.6 Å². The third-order valence-electron chi connectivity index (χ3n) is 5.10. The van der Waals surface area contributed by atoms with Crippen molar-refractivity contribution < 1.29 is 23.9 Å². The Labute approximate surface area is 187 Å². The van der Waals surface area contributed by atoms with Gasteiger partial charge in [-0.25, -0.2) is 4.79 Å². The third kappa shape index (κ3) is 6.70. The van der Waals surface area contributed by atoms with Gasteiger partial charge in [-0.05, 0) is 44.0 Å². The van der Waals surface area contributed by atoms with Gasteiger partial charge in [0.05, 0.1) is 17.9 Å². The van der Waals surface area contributed by atoms with Crippen LogP contribution in [-0.4, -0.2) is 37.0 Å². The van der Waals surface area contributed by atoms with Crippen LogP contribution in [0.25, 0.3) is 6.08 Å². The normalized spacial score (nSPS) is 13.7. The van der Waals surface area contributed by atoms with Gasteiger partial charge < -0.3 is 20.1 Å². The van der Waals surface area contributed by atoms with E-state index in [1.54, 1.807) is 30.3 Å². The molecule has 1 aliphatic carbocycles. The third-order valence-corrected chi connectivity index (χ3v) is 5.10. The van der Waals surface area contributed by atoms with Crippen LogP contribution in [0.3, 0.4) is 0 Å². The molecule has 7 heteroatoms. The maximum absolute atomic E-state index is 12.6. The summed E-state index contributed by atoms with van der Waals surface area (Å²) in [6.07, 6.45) is 6.99. The van der Waals surface area contributed by atoms with Crippen LogP contribution in [0.2, 0.25) is 0 Å². The molecule has 1 saturated carbocycles. The molecule has 2 amide bonds. The van der Waals surface area contributed by atoms with Crippen LogP contribution in [-0.2, 0) is 14.3 Å². The topological polar surface area (TPSA) is 93.7 Å². The molecule has 0 bridgehead atoms. The molecule has 0 aromatic heterocycles. The summed E-state index contributed by atoms with van der Waals surface area (Å²) < 4.78 is 10.5. The van der Waals surface area contributed by atoms with E-state index in [-0.39, 0.29) is 11.9 Å². The molecule has 32 heavy (non-hydrogen) atoms. The Bertz CT molecular complexity index is 980. The van der Waals surface area contributed by atoms with Crippen LogP contribution in [0.5, 0.6) is 5.75 Å². The van der Waals surface area contributed by atoms with Gasteiger partial charge in [0.2, 0.25) is 0 Å². The predicted octanol–water partition coefficient (Wildman–Crippen LogP) is 3.95. The average Bonchev–Trinajstić information content (AvgIpc) is 3.30. The number of para-hydroxylation sites is 2. The number of carbonyl (C=O) groups is 3. The molecule has 0 atom stereocenters. The van der Waals surface area contributed by atoms with Crippen molar-refractivity contribution in [3.63, 3.8) is 0 Å². The van der Waals surface area contributed by atoms with Gasteiger partial charge in [-0.15, -0.1) is 0 Å². The highest BCUT2D eigenvalue weighted by Crippen LogP contribution is 2.21. The van der Waals surface area contributed by atoms with Crippen molar-refractivity contribution >= 4 is 29.5 Å². The molecule has 0 unspecified atom stereocenters. The molecule has 0 radical (unpaired) electrons. The SMILES string of the molecule is CCOc1ccccc1/C=C/C(=O)OCC(=O)Nc1ccccc1C(=O)NC1CCCC1. The van der Waals surface area contributed by atoms with Crippen molar-refractivity contribution in [1.82, 2.24) is 5.32 Å². The van der Waals surface area contributed by atoms with E-state index < -0.39 is 18.5 Å². The van der Waals surface area contributed by atoms with Crippen molar-refractivity contribution in [3.05, 3.63) is 65.7 Å². The summed E-state index contributed by atoms with van der Waals surface area (Å²) in [5, 5.41) is 5.66. The highest BCUT2D eigenvalue weighted by Gasteiger charge is 2.20. The van der Waals surface area contributed by atoms with E-state index in [0.29, 0.717) is 23.6 Å². The summed E-state index contributed by atoms with van der Waals surface area (Å²) in [5.41, 5.74) is 1.50. The van der Waals surface area contributed by atoms with E-state index in [0.717, 1.165) is 31.2 Å². The molecule has 2 aromatic carbocycles. The van der Waals surface area contributed by atoms with Crippen LogP contribution in [0.15, 0.2) is 54.6 Å². The summed E-state index contributed by atoms with van der Waals surface area (Å²) in [6, 6.07) is 14.2. The largest absolute Gasteiger partial charge is 0.493 e. The minimum atomic E-state index is -0.654. The first-order valence-corrected chi connectivity index (χ1v) is 10.8. The minimum absolute atomic E-state index is 0.173. The average molecular weight is 437 g/mol. The van der Waals surface area contributed by atoms with Crippen LogP contribution in [0.1, 0.15) is 48.5 Å². The second-order valence-corrected chi connectivity index (χ2v) is 7.46. The molecule has 0 heterocycles. The number of benzene rings is 2. The maximum atomic E-state index is 12.6. The molecule has 1 aliphatic rings. The van der Waals surface area contributed by atoms with Gasteiger partial charge in [0.1, 0.15) is 5.75 Å². The van der Waals surface area contributed by atoms with Crippen molar-refractivity contribution in [2.45, 2.75) is 38.6 Å². The predicted molar refractivity (Wildman–Crippen MR) is 122 cm³/mol. The number of nitrogens with one attached hydrogen (secondary N) is 2. The number of hydrogen-bond acceptors (Lipinski definition) is 5. The molecule has 168 valence electrons. The Hall–Kier alpha value is -3.61. The summed E-state index contributed by atoms with van der Waals surface area (Å²) in [5.74, 6) is -0.744. The van der Waals surface area contributed by atoms with E-state index in [1.807, 2.05) is 31.2 Å². The highest BCUT2D eigenvalue weighted by atomic mass is 16.5. The summed E-state index contributed by atoms with van der Waals surface area (Å²) >= 11 is 0. The number of amides is 2. The monoisotopic (exact) mass is 436 g/mol. The first kappa shape index (κ1) is 23.1. The van der Waals surface area contributed by atoms with Crippen molar-refractivity contribution in [2.75, 3.05) is 18.5 Å². The number of carbonyl (C=O) groups excluding carboxylic acids is 3.